The predicted octanol–water partition coefficient (Wildman–Crippen LogP) is 4.13. The summed E-state index contributed by atoms with van der Waals surface area (Å²) in [6, 6.07) is 5.58. The van der Waals surface area contributed by atoms with E-state index in [9.17, 15) is 4.79 Å². The number of benzene rings is 1. The van der Waals surface area contributed by atoms with Crippen LogP contribution in [0.4, 0.5) is 4.79 Å². The molecule has 3 nitrogen and oxygen atoms in total. The number of ether oxygens (including phenoxy) is 1. The molecule has 0 spiro atoms. The van der Waals surface area contributed by atoms with Crippen molar-refractivity contribution in [1.82, 2.24) is 0 Å². The summed E-state index contributed by atoms with van der Waals surface area (Å²) in [6.45, 7) is 8.40. The van der Waals surface area contributed by atoms with Crippen molar-refractivity contribution in [3.63, 3.8) is 0 Å². The maximum atomic E-state index is 10.6. The lowest BCUT2D eigenvalue weighted by Gasteiger charge is -2.27. The van der Waals surface area contributed by atoms with Gasteiger partial charge in [0.15, 0.2) is 0 Å². The first kappa shape index (κ1) is 13.6. The van der Waals surface area contributed by atoms with Crippen molar-refractivity contribution in [1.29, 1.82) is 0 Å². The van der Waals surface area contributed by atoms with E-state index in [1.165, 1.54) is 0 Å². The van der Waals surface area contributed by atoms with Gasteiger partial charge in [0.1, 0.15) is 5.75 Å². The lowest BCUT2D eigenvalue weighted by Crippen LogP contribution is -2.19. The number of carboxylic acid groups (broad SMARTS) is 1. The lowest BCUT2D eigenvalue weighted by molar-refractivity contribution is 0.144. The summed E-state index contributed by atoms with van der Waals surface area (Å²) in [4.78, 5) is 10.6. The third-order valence-corrected chi connectivity index (χ3v) is 3.09. The van der Waals surface area contributed by atoms with Gasteiger partial charge in [-0.15, -0.1) is 0 Å². The van der Waals surface area contributed by atoms with Gasteiger partial charge in [0.05, 0.1) is 0 Å². The third kappa shape index (κ3) is 3.22. The van der Waals surface area contributed by atoms with Gasteiger partial charge in [-0.2, -0.15) is 0 Å². The molecule has 0 saturated carbocycles. The molecule has 94 valence electrons. The molecule has 1 aromatic carbocycles. The molecular weight excluding hydrogens is 216 g/mol. The van der Waals surface area contributed by atoms with Crippen molar-refractivity contribution in [2.75, 3.05) is 0 Å². The average Bonchev–Trinajstić information content (AvgIpc) is 2.20. The minimum atomic E-state index is -1.27. The van der Waals surface area contributed by atoms with Crippen molar-refractivity contribution < 1.29 is 14.6 Å². The van der Waals surface area contributed by atoms with Crippen LogP contribution in [0.5, 0.6) is 5.75 Å². The Labute approximate surface area is 102 Å². The van der Waals surface area contributed by atoms with Crippen molar-refractivity contribution in [3.05, 3.63) is 29.3 Å². The van der Waals surface area contributed by atoms with E-state index in [-0.39, 0.29) is 5.41 Å². The molecule has 0 atom stereocenters. The number of rotatable bonds is 4. The Kier molecular flexibility index (Phi) is 4.16. The van der Waals surface area contributed by atoms with Crippen LogP contribution >= 0.6 is 0 Å². The topological polar surface area (TPSA) is 46.5 Å². The molecule has 0 saturated heterocycles. The zero-order valence-corrected chi connectivity index (χ0v) is 10.9. The van der Waals surface area contributed by atoms with E-state index in [1.807, 2.05) is 19.1 Å². The van der Waals surface area contributed by atoms with E-state index in [1.54, 1.807) is 6.07 Å². The van der Waals surface area contributed by atoms with Gasteiger partial charge in [0, 0.05) is 0 Å². The molecule has 0 unspecified atom stereocenters. The van der Waals surface area contributed by atoms with Crippen LogP contribution in [0.2, 0.25) is 0 Å². The maximum Gasteiger partial charge on any atom is 0.511 e. The summed E-state index contributed by atoms with van der Waals surface area (Å²) in [5, 5.41) is 8.67. The van der Waals surface area contributed by atoms with Crippen LogP contribution in [0, 0.1) is 6.92 Å². The Bertz CT molecular complexity index is 408. The summed E-state index contributed by atoms with van der Waals surface area (Å²) >= 11 is 0. The van der Waals surface area contributed by atoms with Crippen LogP contribution in [0.3, 0.4) is 0 Å². The zero-order chi connectivity index (χ0) is 13.1. The van der Waals surface area contributed by atoms with E-state index in [4.69, 9.17) is 9.84 Å². The Hall–Kier alpha value is -1.51. The van der Waals surface area contributed by atoms with Crippen molar-refractivity contribution in [2.24, 2.45) is 0 Å². The van der Waals surface area contributed by atoms with Crippen LogP contribution in [-0.4, -0.2) is 11.3 Å². The zero-order valence-electron chi connectivity index (χ0n) is 10.9. The maximum absolute atomic E-state index is 10.6. The number of carbonyl (C=O) groups is 1. The van der Waals surface area contributed by atoms with Gasteiger partial charge in [0.2, 0.25) is 0 Å². The van der Waals surface area contributed by atoms with Crippen LogP contribution in [0.15, 0.2) is 18.2 Å². The van der Waals surface area contributed by atoms with Gasteiger partial charge in [-0.25, -0.2) is 4.79 Å². The molecule has 0 amide bonds. The van der Waals surface area contributed by atoms with E-state index >= 15 is 0 Å². The fourth-order valence-corrected chi connectivity index (χ4v) is 2.31. The van der Waals surface area contributed by atoms with Crippen molar-refractivity contribution >= 4 is 6.16 Å². The number of hydrogen-bond acceptors (Lipinski definition) is 2. The van der Waals surface area contributed by atoms with Crippen LogP contribution < -0.4 is 4.74 Å². The molecule has 0 radical (unpaired) electrons. The molecule has 1 N–H and O–H groups in total. The Morgan fingerprint density at radius 2 is 2.06 bits per heavy atom. The van der Waals surface area contributed by atoms with E-state index < -0.39 is 6.16 Å². The molecule has 0 bridgehead atoms. The van der Waals surface area contributed by atoms with E-state index in [0.29, 0.717) is 5.75 Å². The second-order valence-corrected chi connectivity index (χ2v) is 4.93. The molecular formula is C14H20O3. The van der Waals surface area contributed by atoms with Crippen LogP contribution in [-0.2, 0) is 5.41 Å². The highest BCUT2D eigenvalue weighted by Crippen LogP contribution is 2.34. The second-order valence-electron chi connectivity index (χ2n) is 4.93. The first-order chi connectivity index (χ1) is 7.88. The molecule has 1 aromatic rings. The molecule has 0 aliphatic rings. The minimum absolute atomic E-state index is 0.0384. The summed E-state index contributed by atoms with van der Waals surface area (Å²) < 4.78 is 4.78. The van der Waals surface area contributed by atoms with Gasteiger partial charge in [-0.05, 0) is 36.0 Å². The molecule has 1 rings (SSSR count). The quantitative estimate of drug-likeness (QED) is 0.631. The first-order valence-corrected chi connectivity index (χ1v) is 5.89. The Balaban J connectivity index is 3.13. The highest BCUT2D eigenvalue weighted by Gasteiger charge is 2.23. The largest absolute Gasteiger partial charge is 0.511 e. The summed E-state index contributed by atoms with van der Waals surface area (Å²) in [6.07, 6.45) is 0.888. The van der Waals surface area contributed by atoms with Crippen molar-refractivity contribution in [2.45, 2.75) is 46.0 Å². The lowest BCUT2D eigenvalue weighted by atomic mass is 9.78. The fourth-order valence-electron chi connectivity index (χ4n) is 2.31. The van der Waals surface area contributed by atoms with Gasteiger partial charge in [-0.1, -0.05) is 39.3 Å². The third-order valence-electron chi connectivity index (χ3n) is 3.09. The molecule has 0 aromatic heterocycles. The minimum Gasteiger partial charge on any atom is -0.449 e. The second kappa shape index (κ2) is 5.21. The fraction of sp³-hybridized carbons (Fsp3) is 0.500. The van der Waals surface area contributed by atoms with Gasteiger partial charge in [-0.3, -0.25) is 0 Å². The number of hydrogen-bond donors (Lipinski definition) is 1. The molecule has 0 aliphatic carbocycles. The van der Waals surface area contributed by atoms with Crippen molar-refractivity contribution in [3.8, 4) is 5.75 Å². The molecule has 0 heterocycles. The normalized spacial score (nSPS) is 11.3. The van der Waals surface area contributed by atoms with Gasteiger partial charge >= 0.3 is 6.16 Å². The predicted molar refractivity (Wildman–Crippen MR) is 67.8 cm³/mol. The van der Waals surface area contributed by atoms with E-state index in [0.717, 1.165) is 24.0 Å². The van der Waals surface area contributed by atoms with E-state index in [2.05, 4.69) is 20.8 Å². The molecule has 3 heteroatoms. The first-order valence-electron chi connectivity index (χ1n) is 5.89. The highest BCUT2D eigenvalue weighted by atomic mass is 16.7. The standard InChI is InChI=1S/C14H20O3/c1-5-9-14(3,4)11-7-6-8-12(10(11)2)17-13(15)16/h6-8H,5,9H2,1-4H3,(H,15,16). The Morgan fingerprint density at radius 3 is 2.59 bits per heavy atom. The monoisotopic (exact) mass is 236 g/mol. The highest BCUT2D eigenvalue weighted by molar-refractivity contribution is 5.62. The van der Waals surface area contributed by atoms with Crippen LogP contribution in [0.1, 0.15) is 44.7 Å². The molecule has 17 heavy (non-hydrogen) atoms. The SMILES string of the molecule is CCCC(C)(C)c1cccc(OC(=O)O)c1C. The Morgan fingerprint density at radius 1 is 1.41 bits per heavy atom. The molecule has 0 aliphatic heterocycles. The summed E-state index contributed by atoms with van der Waals surface area (Å²) in [7, 11) is 0. The summed E-state index contributed by atoms with van der Waals surface area (Å²) in [5.41, 5.74) is 2.10. The smallest absolute Gasteiger partial charge is 0.449 e. The van der Waals surface area contributed by atoms with Gasteiger partial charge in [0.25, 0.3) is 0 Å². The average molecular weight is 236 g/mol. The molecule has 0 fully saturated rings. The summed E-state index contributed by atoms with van der Waals surface area (Å²) in [5.74, 6) is 0.430. The van der Waals surface area contributed by atoms with Crippen LogP contribution in [0.25, 0.3) is 0 Å². The van der Waals surface area contributed by atoms with Gasteiger partial charge < -0.3 is 9.84 Å².